The van der Waals surface area contributed by atoms with Crippen LogP contribution in [0.1, 0.15) is 41.5 Å². The molecule has 0 aliphatic carbocycles. The second-order valence-corrected chi connectivity index (χ2v) is 26.4. The Kier molecular flexibility index (Phi) is 29.9. The largest absolute Gasteiger partial charge is 0.504 e. The fourth-order valence-corrected chi connectivity index (χ4v) is 10.4. The van der Waals surface area contributed by atoms with E-state index in [1.807, 2.05) is 137 Å². The molecule has 42 nitrogen and oxygen atoms in total. The van der Waals surface area contributed by atoms with Gasteiger partial charge in [-0.05, 0) is 114 Å². The van der Waals surface area contributed by atoms with Gasteiger partial charge in [0.2, 0.25) is 53.6 Å². The van der Waals surface area contributed by atoms with Gasteiger partial charge in [0.05, 0.1) is 0 Å². The van der Waals surface area contributed by atoms with Crippen LogP contribution in [0.25, 0.3) is 0 Å². The van der Waals surface area contributed by atoms with Crippen molar-refractivity contribution in [2.75, 3.05) is 122 Å². The summed E-state index contributed by atoms with van der Waals surface area (Å²) in [6.07, 6.45) is -0.999. The summed E-state index contributed by atoms with van der Waals surface area (Å²) in [7, 11) is 23.9. The average molecular weight is 1590 g/mol. The zero-order valence-corrected chi connectivity index (χ0v) is 67.2. The molecule has 0 aromatic heterocycles. The van der Waals surface area contributed by atoms with E-state index in [2.05, 4.69) is 108 Å². The number of aromatic hydroxyl groups is 12. The van der Waals surface area contributed by atoms with E-state index < -0.39 is 0 Å². The van der Waals surface area contributed by atoms with Crippen molar-refractivity contribution in [1.29, 1.82) is 0 Å². The molecular formula is C73H104N30O12. The first-order valence-electron chi connectivity index (χ1n) is 35.4. The van der Waals surface area contributed by atoms with Gasteiger partial charge in [-0.3, -0.25) is 41.5 Å². The Balaban J connectivity index is 0.000000191. The molecule has 6 aliphatic rings. The number of phenols is 12. The lowest BCUT2D eigenvalue weighted by Gasteiger charge is -2.35. The number of phenolic OH excluding ortho intramolecular Hbond substituents is 12. The number of benzene rings is 6. The molecule has 0 spiro atoms. The lowest BCUT2D eigenvalue weighted by molar-refractivity contribution is 0.404. The maximum absolute atomic E-state index is 9.64. The third-order valence-corrected chi connectivity index (χ3v) is 16.4. The number of nitrogens with one attached hydrogen (secondary N) is 9. The van der Waals surface area contributed by atoms with E-state index in [-0.39, 0.29) is 106 Å². The quantitative estimate of drug-likeness (QED) is 0.0837. The Morgan fingerprint density at radius 2 is 0.652 bits per heavy atom. The van der Waals surface area contributed by atoms with Crippen molar-refractivity contribution in [2.24, 2.45) is 65.6 Å². The first-order chi connectivity index (χ1) is 54.2. The van der Waals surface area contributed by atoms with E-state index in [0.717, 1.165) is 17.6 Å². The van der Waals surface area contributed by atoms with Crippen molar-refractivity contribution in [3.05, 3.63) is 109 Å². The third-order valence-electron chi connectivity index (χ3n) is 16.4. The van der Waals surface area contributed by atoms with Crippen molar-refractivity contribution in [3.8, 4) is 69.0 Å². The van der Waals surface area contributed by atoms with Crippen molar-refractivity contribution in [1.82, 2.24) is 56.8 Å². The van der Waals surface area contributed by atoms with Crippen LogP contribution in [-0.2, 0) is 0 Å². The molecule has 6 aromatic carbocycles. The maximum atomic E-state index is 9.64. The number of guanidine groups is 12. The third kappa shape index (κ3) is 24.7. The van der Waals surface area contributed by atoms with Crippen LogP contribution in [0.2, 0.25) is 0 Å². The number of anilines is 6. The molecule has 0 bridgehead atoms. The summed E-state index contributed by atoms with van der Waals surface area (Å²) in [6, 6.07) is 27.3. The molecule has 115 heavy (non-hydrogen) atoms. The molecule has 6 heterocycles. The van der Waals surface area contributed by atoms with Crippen LogP contribution >= 0.6 is 0 Å². The van der Waals surface area contributed by atoms with Gasteiger partial charge >= 0.3 is 0 Å². The van der Waals surface area contributed by atoms with Gasteiger partial charge in [0.15, 0.2) is 86.9 Å². The Labute approximate surface area is 665 Å². The molecule has 618 valence electrons. The molecule has 12 rings (SSSR count). The molecule has 0 amide bonds. The van der Waals surface area contributed by atoms with Gasteiger partial charge in [0, 0.05) is 162 Å². The highest BCUT2D eigenvalue weighted by Crippen LogP contribution is 2.34. The van der Waals surface area contributed by atoms with Gasteiger partial charge in [0.25, 0.3) is 0 Å². The van der Waals surface area contributed by atoms with Gasteiger partial charge in [-0.1, -0.05) is 0 Å². The number of hydrogen-bond donors (Lipinski definition) is 22. The Morgan fingerprint density at radius 1 is 0.330 bits per heavy atom. The van der Waals surface area contributed by atoms with Gasteiger partial charge in [-0.2, -0.15) is 0 Å². The molecule has 6 atom stereocenters. The summed E-state index contributed by atoms with van der Waals surface area (Å²) in [5.41, 5.74) is 9.66. The molecule has 42 heteroatoms. The fourth-order valence-electron chi connectivity index (χ4n) is 10.4. The van der Waals surface area contributed by atoms with E-state index >= 15 is 0 Å². The van der Waals surface area contributed by atoms with Crippen molar-refractivity contribution in [2.45, 2.75) is 78.5 Å². The molecule has 0 saturated heterocycles. The van der Waals surface area contributed by atoms with E-state index in [9.17, 15) is 61.3 Å². The van der Waals surface area contributed by atoms with Crippen molar-refractivity contribution in [3.63, 3.8) is 0 Å². The van der Waals surface area contributed by atoms with Crippen molar-refractivity contribution < 1.29 is 61.3 Å². The number of nitrogens with zero attached hydrogens (tertiary/aromatic N) is 20. The zero-order chi connectivity index (χ0) is 85.0. The summed E-state index contributed by atoms with van der Waals surface area (Å²) in [4.78, 5) is 66.1. The predicted molar refractivity (Wildman–Crippen MR) is 452 cm³/mol. The molecule has 6 aliphatic heterocycles. The summed E-state index contributed by atoms with van der Waals surface area (Å²) in [5, 5.41) is 140. The summed E-state index contributed by atoms with van der Waals surface area (Å²) in [5.74, 6) is 5.32. The lowest BCUT2D eigenvalue weighted by Crippen LogP contribution is -2.54. The Bertz CT molecular complexity index is 4810. The molecule has 0 saturated carbocycles. The van der Waals surface area contributed by atoms with Crippen LogP contribution in [0.4, 0.5) is 34.1 Å². The molecule has 0 fully saturated rings. The highest BCUT2D eigenvalue weighted by atomic mass is 16.3. The monoisotopic (exact) mass is 1590 g/mol. The van der Waals surface area contributed by atoms with Crippen LogP contribution in [-0.4, -0.2) is 281 Å². The Hall–Kier alpha value is -14.6. The first kappa shape index (κ1) is 87.6. The van der Waals surface area contributed by atoms with Gasteiger partial charge < -0.3 is 123 Å². The van der Waals surface area contributed by atoms with Crippen LogP contribution in [0.5, 0.6) is 69.0 Å². The minimum Gasteiger partial charge on any atom is -0.504 e. The van der Waals surface area contributed by atoms with Gasteiger partial charge in [-0.25, -0.2) is 49.9 Å². The molecule has 6 unspecified atom stereocenters. The maximum Gasteiger partial charge on any atom is 0.209 e. The van der Waals surface area contributed by atoms with Crippen LogP contribution in [0.3, 0.4) is 0 Å². The SMILES string of the molecule is CC1N=C(N(C)C)N(C)C(N(C)c2ccc(O)c(O)c2)=N1.CC1N=C(N(C)C)NC(N(C)c2ccc(O)c(O)c2)=N1.CC1N=C(N)NC(N(C)c2ccc(O)c(O)c2)=N1.CC1N=C(Nc2ccc(O)c(O)c2)NC(N(C)C)=N1.CN=C1NC(N(C)c2ccc(O)c(O)c2)=NC(C)N1.CN=C1NC(Nc2ccc(O)c(O)c2)=NC(C)N1. The van der Waals surface area contributed by atoms with E-state index in [1.54, 1.807) is 72.2 Å². The summed E-state index contributed by atoms with van der Waals surface area (Å²) >= 11 is 0. The first-order valence-corrected chi connectivity index (χ1v) is 35.4. The lowest BCUT2D eigenvalue weighted by atomic mass is 10.2. The van der Waals surface area contributed by atoms with E-state index in [0.29, 0.717) is 88.0 Å². The summed E-state index contributed by atoms with van der Waals surface area (Å²) < 4.78 is 0. The highest BCUT2D eigenvalue weighted by molar-refractivity contribution is 6.11. The minimum absolute atomic E-state index is 0.0943. The molecule has 6 aromatic rings. The minimum atomic E-state index is -0.255. The number of rotatable bonds is 6. The number of aliphatic imine (C=N–C) groups is 12. The zero-order valence-electron chi connectivity index (χ0n) is 67.2. The second-order valence-electron chi connectivity index (χ2n) is 26.4. The molecular weight excluding hydrogens is 1490 g/mol. The highest BCUT2D eigenvalue weighted by Gasteiger charge is 2.27. The standard InChI is InChI=1S/C14H21N5O2.C13H19N5O2.2C12H17N5O2.2C11H15N5O2/c1-9-15-13(17(2)3)19(5)14(16-9)18(4)10-6-7-11(20)12(21)8-10;1-8-14-12(17(2)3)16-13(15-8)18(4)9-5-6-10(19)11(20)7-9;1-7-13-11(16-12(14-7)17(2)3)15-8-4-5-9(18)10(19)6-8;1-7-14-11(13-2)16-12(15-7)17(3)8-4-5-9(18)10(19)6-8;1-6-13-10(12)15-11(14-6)16(2)7-3-4-8(17)9(18)5-7;1-6-13-10(12-2)16-11(14-6)15-7-3-4-8(17)9(18)5-7/h6-9,20-21H,1-5H3;5-8,19-20H,1-4H3,(H,14,15,16);2*4-7,18-19H,1-3H3,(H2,13,14,15,16);3-6,17-18H,1-2H3,(H3,12,13,14,15);3-6,17-18H,1-2H3,(H3,12,13,14,15,16). The van der Waals surface area contributed by atoms with Crippen LogP contribution < -0.4 is 73.2 Å². The second kappa shape index (κ2) is 39.3. The smallest absolute Gasteiger partial charge is 0.209 e. The normalized spacial score (nSPS) is 19.0. The summed E-state index contributed by atoms with van der Waals surface area (Å²) in [6.45, 7) is 11.3. The number of hydrogen-bond acceptors (Lipinski definition) is 38. The number of nitrogens with two attached hydrogens (primary N) is 1. The predicted octanol–water partition coefficient (Wildman–Crippen LogP) is 3.55. The van der Waals surface area contributed by atoms with Crippen molar-refractivity contribution >= 4 is 106 Å². The van der Waals surface area contributed by atoms with Gasteiger partial charge in [-0.15, -0.1) is 0 Å². The molecule has 23 N–H and O–H groups in total. The fraction of sp³-hybridized carbons (Fsp3) is 0.342. The molecule has 0 radical (unpaired) electrons. The van der Waals surface area contributed by atoms with Crippen LogP contribution in [0.15, 0.2) is 169 Å². The topological polar surface area (TPSA) is 551 Å². The van der Waals surface area contributed by atoms with E-state index in [1.165, 1.54) is 72.8 Å². The average Bonchev–Trinajstić information content (AvgIpc) is 0.808. The van der Waals surface area contributed by atoms with Gasteiger partial charge in [0.1, 0.15) is 37.0 Å². The van der Waals surface area contributed by atoms with Crippen LogP contribution in [0, 0.1) is 0 Å². The van der Waals surface area contributed by atoms with E-state index in [4.69, 9.17) is 5.73 Å². The Morgan fingerprint density at radius 3 is 1.04 bits per heavy atom.